The van der Waals surface area contributed by atoms with Gasteiger partial charge in [0.25, 0.3) is 0 Å². The largest absolute Gasteiger partial charge is 0.459 e. The van der Waals surface area contributed by atoms with Gasteiger partial charge in [0.15, 0.2) is 0 Å². The van der Waals surface area contributed by atoms with Crippen molar-refractivity contribution >= 4 is 23.5 Å². The van der Waals surface area contributed by atoms with Gasteiger partial charge in [-0.3, -0.25) is 19.5 Å². The van der Waals surface area contributed by atoms with E-state index in [4.69, 9.17) is 4.42 Å². The van der Waals surface area contributed by atoms with Gasteiger partial charge in [0, 0.05) is 18.2 Å². The first-order valence-corrected chi connectivity index (χ1v) is 14.3. The minimum atomic E-state index is -1.04. The van der Waals surface area contributed by atoms with Crippen molar-refractivity contribution in [3.8, 4) is 0 Å². The van der Waals surface area contributed by atoms with Crippen LogP contribution in [0.1, 0.15) is 68.6 Å². The van der Waals surface area contributed by atoms with E-state index in [0.29, 0.717) is 34.8 Å². The molecule has 2 amide bonds. The highest BCUT2D eigenvalue weighted by molar-refractivity contribution is 6.06. The van der Waals surface area contributed by atoms with Crippen LogP contribution in [0.4, 0.5) is 0 Å². The van der Waals surface area contributed by atoms with E-state index < -0.39 is 30.5 Å². The van der Waals surface area contributed by atoms with E-state index in [9.17, 15) is 30.0 Å². The van der Waals surface area contributed by atoms with E-state index >= 15 is 0 Å². The first-order valence-electron chi connectivity index (χ1n) is 14.3. The number of aromatic nitrogens is 1. The molecule has 3 aliphatic rings. The maximum absolute atomic E-state index is 13.6. The summed E-state index contributed by atoms with van der Waals surface area (Å²) in [4.78, 5) is 33.0. The Bertz CT molecular complexity index is 1260. The Hall–Kier alpha value is -3.11. The molecular formula is C31H38N2O7. The number of allylic oxidation sites excluding steroid dienone is 1. The third-order valence-corrected chi connectivity index (χ3v) is 8.74. The highest BCUT2D eigenvalue weighted by Gasteiger charge is 2.56. The maximum atomic E-state index is 13.6. The highest BCUT2D eigenvalue weighted by atomic mass is 16.4. The van der Waals surface area contributed by atoms with Gasteiger partial charge < -0.3 is 24.8 Å². The molecule has 9 heteroatoms. The number of likely N-dealkylation sites (tertiary alicyclic amines) is 1. The number of furan rings is 1. The number of hydrogen-bond donors (Lipinski definition) is 4. The van der Waals surface area contributed by atoms with Crippen LogP contribution in [0.3, 0.4) is 0 Å². The van der Waals surface area contributed by atoms with E-state index in [1.165, 1.54) is 4.90 Å². The summed E-state index contributed by atoms with van der Waals surface area (Å²) in [6.45, 7) is -0.961. The van der Waals surface area contributed by atoms with Gasteiger partial charge in [0.2, 0.25) is 11.8 Å². The van der Waals surface area contributed by atoms with Gasteiger partial charge in [-0.2, -0.15) is 0 Å². The average molecular weight is 551 g/mol. The molecule has 0 bridgehead atoms. The Balaban J connectivity index is 1.39. The number of carbonyl (C=O) groups is 2. The van der Waals surface area contributed by atoms with Crippen molar-refractivity contribution in [3.05, 3.63) is 64.9 Å². The minimum Gasteiger partial charge on any atom is -0.459 e. The number of aliphatic hydroxyl groups excluding tert-OH is 4. The van der Waals surface area contributed by atoms with Gasteiger partial charge in [-0.1, -0.05) is 25.3 Å². The van der Waals surface area contributed by atoms with Crippen molar-refractivity contribution in [3.63, 3.8) is 0 Å². The monoisotopic (exact) mass is 550 g/mol. The van der Waals surface area contributed by atoms with E-state index in [-0.39, 0.29) is 43.9 Å². The number of rotatable bonds is 10. The summed E-state index contributed by atoms with van der Waals surface area (Å²) in [5.74, 6) is -1.57. The molecule has 214 valence electrons. The number of aliphatic hydroxyl groups is 4. The summed E-state index contributed by atoms with van der Waals surface area (Å²) in [7, 11) is 0. The van der Waals surface area contributed by atoms with E-state index in [2.05, 4.69) is 4.98 Å². The molecule has 2 aliphatic carbocycles. The first-order chi connectivity index (χ1) is 19.5. The topological polar surface area (TPSA) is 144 Å². The Morgan fingerprint density at radius 2 is 1.85 bits per heavy atom. The molecule has 2 aromatic heterocycles. The van der Waals surface area contributed by atoms with Gasteiger partial charge in [0.05, 0.1) is 36.8 Å². The Morgan fingerprint density at radius 1 is 1.05 bits per heavy atom. The molecule has 2 aromatic rings. The molecular weight excluding hydrogens is 512 g/mol. The predicted octanol–water partition coefficient (Wildman–Crippen LogP) is 3.08. The number of fused-ring (bicyclic) bond motifs is 1. The fourth-order valence-electron chi connectivity index (χ4n) is 6.83. The van der Waals surface area contributed by atoms with Crippen LogP contribution >= 0.6 is 0 Å². The average Bonchev–Trinajstić information content (AvgIpc) is 3.56. The smallest absolute Gasteiger partial charge is 0.234 e. The number of hydrogen-bond acceptors (Lipinski definition) is 8. The second-order valence-electron chi connectivity index (χ2n) is 11.1. The summed E-state index contributed by atoms with van der Waals surface area (Å²) >= 11 is 0. The van der Waals surface area contributed by atoms with Gasteiger partial charge in [0.1, 0.15) is 18.1 Å². The molecule has 4 N–H and O–H groups in total. The first kappa shape index (κ1) is 28.4. The van der Waals surface area contributed by atoms with Crippen LogP contribution in [-0.2, 0) is 16.2 Å². The fraction of sp³-hybridized carbons (Fsp3) is 0.516. The lowest BCUT2D eigenvalue weighted by Crippen LogP contribution is -2.42. The second-order valence-corrected chi connectivity index (χ2v) is 11.1. The molecule has 4 atom stereocenters. The molecule has 5 rings (SSSR count). The van der Waals surface area contributed by atoms with E-state index in [1.807, 2.05) is 24.3 Å². The maximum Gasteiger partial charge on any atom is 0.234 e. The van der Waals surface area contributed by atoms with Gasteiger partial charge >= 0.3 is 0 Å². The highest BCUT2D eigenvalue weighted by Crippen LogP contribution is 2.47. The molecule has 2 fully saturated rings. The molecule has 9 nitrogen and oxygen atoms in total. The minimum absolute atomic E-state index is 0.108. The van der Waals surface area contributed by atoms with Crippen LogP contribution in [0.25, 0.3) is 11.6 Å². The van der Waals surface area contributed by atoms with E-state index in [1.54, 1.807) is 18.3 Å². The Kier molecular flexibility index (Phi) is 8.95. The molecule has 0 radical (unpaired) electrons. The second kappa shape index (κ2) is 12.6. The summed E-state index contributed by atoms with van der Waals surface area (Å²) < 4.78 is 5.64. The zero-order valence-corrected chi connectivity index (χ0v) is 22.6. The lowest BCUT2D eigenvalue weighted by Gasteiger charge is -2.36. The predicted molar refractivity (Wildman–Crippen MR) is 147 cm³/mol. The van der Waals surface area contributed by atoms with Crippen LogP contribution in [-0.4, -0.2) is 67.5 Å². The van der Waals surface area contributed by atoms with Crippen molar-refractivity contribution in [1.82, 2.24) is 9.88 Å². The van der Waals surface area contributed by atoms with Gasteiger partial charge in [-0.15, -0.1) is 0 Å². The summed E-state index contributed by atoms with van der Waals surface area (Å²) in [6.07, 6.45) is 7.97. The number of amides is 2. The van der Waals surface area contributed by atoms with Crippen molar-refractivity contribution < 1.29 is 34.4 Å². The SMILES string of the molecule is O=C1[C@@H]2[C@@H](CC(CO)=C([C@H](O)CC/C(=C/c3ccc(CO)o3)c3ccccn3)[C@@H]2CO)C(=O)N1C1CCCCC1. The number of nitrogens with zero attached hydrogens (tertiary/aromatic N) is 2. The van der Waals surface area contributed by atoms with Crippen LogP contribution in [0.2, 0.25) is 0 Å². The van der Waals surface area contributed by atoms with Crippen LogP contribution in [0, 0.1) is 17.8 Å². The number of pyridine rings is 1. The zero-order valence-electron chi connectivity index (χ0n) is 22.6. The van der Waals surface area contributed by atoms with Crippen molar-refractivity contribution in [1.29, 1.82) is 0 Å². The molecule has 1 saturated heterocycles. The quantitative estimate of drug-likeness (QED) is 0.261. The number of imide groups is 1. The normalized spacial score (nSPS) is 25.1. The molecule has 40 heavy (non-hydrogen) atoms. The van der Waals surface area contributed by atoms with Crippen LogP contribution in [0.5, 0.6) is 0 Å². The Labute approximate surface area is 233 Å². The molecule has 1 aliphatic heterocycles. The van der Waals surface area contributed by atoms with Crippen molar-refractivity contribution in [2.45, 2.75) is 70.1 Å². The molecule has 0 spiro atoms. The lowest BCUT2D eigenvalue weighted by atomic mass is 9.68. The molecule has 0 unspecified atom stereocenters. The molecule has 0 aromatic carbocycles. The summed E-state index contributed by atoms with van der Waals surface area (Å²) in [5.41, 5.74) is 2.50. The van der Waals surface area contributed by atoms with E-state index in [0.717, 1.165) is 37.7 Å². The van der Waals surface area contributed by atoms with Crippen molar-refractivity contribution in [2.75, 3.05) is 13.2 Å². The van der Waals surface area contributed by atoms with Crippen molar-refractivity contribution in [2.24, 2.45) is 17.8 Å². The third-order valence-electron chi connectivity index (χ3n) is 8.74. The Morgan fingerprint density at radius 3 is 2.50 bits per heavy atom. The zero-order chi connectivity index (χ0) is 28.2. The summed E-state index contributed by atoms with van der Waals surface area (Å²) in [6, 6.07) is 8.87. The third kappa shape index (κ3) is 5.56. The number of carbonyl (C=O) groups excluding carboxylic acids is 2. The van der Waals surface area contributed by atoms with Gasteiger partial charge in [-0.05, 0) is 79.2 Å². The van der Waals surface area contributed by atoms with Crippen LogP contribution < -0.4 is 0 Å². The molecule has 3 heterocycles. The fourth-order valence-corrected chi connectivity index (χ4v) is 6.83. The van der Waals surface area contributed by atoms with Gasteiger partial charge in [-0.25, -0.2) is 0 Å². The summed E-state index contributed by atoms with van der Waals surface area (Å²) in [5, 5.41) is 41.6. The standard InChI is InChI=1S/C31H38N2O7/c34-16-20-15-24-29(31(39)33(30(24)38)21-6-2-1-3-7-21)25(18-36)28(20)27(37)12-9-19(26-8-4-5-13-32-26)14-22-10-11-23(17-35)40-22/h4-5,8,10-11,13-14,21,24-25,27,29,34-37H,1-3,6-7,9,12,15-18H2/b19-14-/t24-,25+,27-,29-/m1/s1. The molecule has 1 saturated carbocycles. The van der Waals surface area contributed by atoms with Crippen LogP contribution in [0.15, 0.2) is 52.1 Å². The lowest BCUT2D eigenvalue weighted by molar-refractivity contribution is -0.143.